The van der Waals surface area contributed by atoms with E-state index in [0.717, 1.165) is 27.5 Å². The molecule has 1 saturated heterocycles. The average molecular weight is 386 g/mol. The largest absolute Gasteiger partial charge is 0.391 e. The molecule has 0 aliphatic carbocycles. The summed E-state index contributed by atoms with van der Waals surface area (Å²) in [5.74, 6) is -0.141. The van der Waals surface area contributed by atoms with Gasteiger partial charge in [0, 0.05) is 49.2 Å². The van der Waals surface area contributed by atoms with E-state index in [4.69, 9.17) is 0 Å². The molecule has 6 nitrogen and oxygen atoms in total. The third kappa shape index (κ3) is 3.15. The van der Waals surface area contributed by atoms with Gasteiger partial charge in [-0.2, -0.15) is 0 Å². The number of carbonyl (C=O) groups excluding carboxylic acids is 1. The SMILES string of the molecule is Cn1ccc2ccc(C(=O)N3C[C@@H](Cc4ccnc5ccccc45)[C@@H](O)C3)nc21. The van der Waals surface area contributed by atoms with Gasteiger partial charge in [-0.25, -0.2) is 4.98 Å². The van der Waals surface area contributed by atoms with Gasteiger partial charge in [-0.1, -0.05) is 18.2 Å². The lowest BCUT2D eigenvalue weighted by Crippen LogP contribution is -2.30. The summed E-state index contributed by atoms with van der Waals surface area (Å²) in [6.07, 6.45) is 3.89. The fraction of sp³-hybridized carbons (Fsp3) is 0.261. The Hall–Kier alpha value is -3.25. The van der Waals surface area contributed by atoms with E-state index in [0.29, 0.717) is 25.2 Å². The van der Waals surface area contributed by atoms with Crippen molar-refractivity contribution in [2.45, 2.75) is 12.5 Å². The summed E-state index contributed by atoms with van der Waals surface area (Å²) >= 11 is 0. The molecule has 2 atom stereocenters. The number of fused-ring (bicyclic) bond motifs is 2. The van der Waals surface area contributed by atoms with Crippen molar-refractivity contribution < 1.29 is 9.90 Å². The Bertz CT molecular complexity index is 1210. The minimum atomic E-state index is -0.551. The van der Waals surface area contributed by atoms with Crippen molar-refractivity contribution in [3.8, 4) is 0 Å². The zero-order valence-electron chi connectivity index (χ0n) is 16.2. The number of aromatic nitrogens is 3. The molecule has 1 fully saturated rings. The number of aliphatic hydroxyl groups is 1. The van der Waals surface area contributed by atoms with E-state index in [1.807, 2.05) is 54.2 Å². The third-order valence-corrected chi connectivity index (χ3v) is 5.85. The van der Waals surface area contributed by atoms with Crippen molar-refractivity contribution in [2.75, 3.05) is 13.1 Å². The first kappa shape index (κ1) is 17.8. The first-order valence-corrected chi connectivity index (χ1v) is 9.82. The number of carbonyl (C=O) groups is 1. The van der Waals surface area contributed by atoms with Crippen molar-refractivity contribution in [1.82, 2.24) is 19.4 Å². The molecule has 1 amide bonds. The molecular formula is C23H22N4O2. The third-order valence-electron chi connectivity index (χ3n) is 5.85. The maximum Gasteiger partial charge on any atom is 0.272 e. The molecule has 0 radical (unpaired) electrons. The topological polar surface area (TPSA) is 71.2 Å². The van der Waals surface area contributed by atoms with E-state index in [-0.39, 0.29) is 11.8 Å². The average Bonchev–Trinajstić information content (AvgIpc) is 3.30. The minimum Gasteiger partial charge on any atom is -0.391 e. The van der Waals surface area contributed by atoms with E-state index in [9.17, 15) is 9.90 Å². The molecule has 0 saturated carbocycles. The number of benzene rings is 1. The lowest BCUT2D eigenvalue weighted by Gasteiger charge is -2.16. The van der Waals surface area contributed by atoms with Crippen LogP contribution in [0.2, 0.25) is 0 Å². The Morgan fingerprint density at radius 3 is 2.90 bits per heavy atom. The van der Waals surface area contributed by atoms with Gasteiger partial charge in [-0.15, -0.1) is 0 Å². The Kier molecular flexibility index (Phi) is 4.28. The summed E-state index contributed by atoms with van der Waals surface area (Å²) in [6.45, 7) is 0.850. The van der Waals surface area contributed by atoms with Gasteiger partial charge >= 0.3 is 0 Å². The van der Waals surface area contributed by atoms with E-state index < -0.39 is 6.10 Å². The Balaban J connectivity index is 1.37. The molecule has 1 aliphatic heterocycles. The van der Waals surface area contributed by atoms with E-state index >= 15 is 0 Å². The lowest BCUT2D eigenvalue weighted by molar-refractivity contribution is 0.0759. The van der Waals surface area contributed by atoms with Crippen LogP contribution in [0.4, 0.5) is 0 Å². The van der Waals surface area contributed by atoms with Gasteiger partial charge in [0.25, 0.3) is 5.91 Å². The first-order chi connectivity index (χ1) is 14.1. The maximum absolute atomic E-state index is 13.0. The first-order valence-electron chi connectivity index (χ1n) is 9.82. The van der Waals surface area contributed by atoms with Gasteiger partial charge in [0.1, 0.15) is 11.3 Å². The molecule has 6 heteroatoms. The monoisotopic (exact) mass is 386 g/mol. The highest BCUT2D eigenvalue weighted by Gasteiger charge is 2.35. The van der Waals surface area contributed by atoms with E-state index in [1.54, 1.807) is 17.2 Å². The number of aliphatic hydroxyl groups excluding tert-OH is 1. The van der Waals surface area contributed by atoms with Gasteiger partial charge in [-0.05, 0) is 42.3 Å². The molecule has 4 heterocycles. The summed E-state index contributed by atoms with van der Waals surface area (Å²) in [4.78, 5) is 23.7. The fourth-order valence-electron chi connectivity index (χ4n) is 4.25. The smallest absolute Gasteiger partial charge is 0.272 e. The van der Waals surface area contributed by atoms with E-state index in [2.05, 4.69) is 16.0 Å². The molecule has 0 unspecified atom stereocenters. The normalized spacial score (nSPS) is 19.3. The second-order valence-electron chi connectivity index (χ2n) is 7.76. The van der Waals surface area contributed by atoms with Crippen molar-refractivity contribution in [2.24, 2.45) is 13.0 Å². The Morgan fingerprint density at radius 1 is 1.14 bits per heavy atom. The van der Waals surface area contributed by atoms with Crippen LogP contribution in [0.5, 0.6) is 0 Å². The predicted octanol–water partition coefficient (Wildman–Crippen LogP) is 2.80. The number of rotatable bonds is 3. The molecule has 0 spiro atoms. The van der Waals surface area contributed by atoms with Gasteiger partial charge < -0.3 is 14.6 Å². The predicted molar refractivity (Wildman–Crippen MR) is 112 cm³/mol. The van der Waals surface area contributed by atoms with Crippen LogP contribution < -0.4 is 0 Å². The Labute approximate surface area is 168 Å². The second kappa shape index (κ2) is 6.97. The summed E-state index contributed by atoms with van der Waals surface area (Å²) in [6, 6.07) is 15.7. The number of nitrogens with zero attached hydrogens (tertiary/aromatic N) is 4. The fourth-order valence-corrected chi connectivity index (χ4v) is 4.25. The second-order valence-corrected chi connectivity index (χ2v) is 7.76. The maximum atomic E-state index is 13.0. The number of amides is 1. The van der Waals surface area contributed by atoms with E-state index in [1.165, 1.54) is 0 Å². The zero-order valence-corrected chi connectivity index (χ0v) is 16.2. The van der Waals surface area contributed by atoms with Crippen LogP contribution in [-0.4, -0.2) is 49.6 Å². The number of β-amino-alcohol motifs (C(OH)–C–C–N with tert-alkyl or cyclic N) is 1. The highest BCUT2D eigenvalue weighted by Crippen LogP contribution is 2.26. The molecule has 3 aromatic heterocycles. The van der Waals surface area contributed by atoms with Crippen LogP contribution in [0.1, 0.15) is 16.1 Å². The molecule has 4 aromatic rings. The molecule has 1 aromatic carbocycles. The molecule has 29 heavy (non-hydrogen) atoms. The standard InChI is InChI=1S/C23H22N4O2/c1-26-11-9-15-6-7-20(25-22(15)26)23(29)27-13-17(21(28)14-27)12-16-8-10-24-19-5-3-2-4-18(16)19/h2-11,17,21,28H,12-14H2,1H3/t17-,21+/m1/s1. The summed E-state index contributed by atoms with van der Waals surface area (Å²) in [5.41, 5.74) is 3.31. The number of hydrogen-bond donors (Lipinski definition) is 1. The molecule has 0 bridgehead atoms. The lowest BCUT2D eigenvalue weighted by atomic mass is 9.94. The van der Waals surface area contributed by atoms with Crippen molar-refractivity contribution in [3.63, 3.8) is 0 Å². The van der Waals surface area contributed by atoms with Crippen LogP contribution in [-0.2, 0) is 13.5 Å². The van der Waals surface area contributed by atoms with Crippen LogP contribution >= 0.6 is 0 Å². The van der Waals surface area contributed by atoms with Crippen molar-refractivity contribution in [3.05, 3.63) is 72.2 Å². The van der Waals surface area contributed by atoms with Gasteiger partial charge in [0.15, 0.2) is 0 Å². The molecule has 5 rings (SSSR count). The summed E-state index contributed by atoms with van der Waals surface area (Å²) in [7, 11) is 1.91. The number of para-hydroxylation sites is 1. The molecule has 146 valence electrons. The van der Waals surface area contributed by atoms with Crippen molar-refractivity contribution >= 4 is 27.8 Å². The van der Waals surface area contributed by atoms with Gasteiger partial charge in [0.2, 0.25) is 0 Å². The number of aryl methyl sites for hydroxylation is 1. The Morgan fingerprint density at radius 2 is 2.00 bits per heavy atom. The zero-order chi connectivity index (χ0) is 20.0. The number of hydrogen-bond acceptors (Lipinski definition) is 4. The highest BCUT2D eigenvalue weighted by atomic mass is 16.3. The summed E-state index contributed by atoms with van der Waals surface area (Å²) < 4.78 is 1.91. The van der Waals surface area contributed by atoms with Crippen molar-refractivity contribution in [1.29, 1.82) is 0 Å². The number of pyridine rings is 2. The molecular weight excluding hydrogens is 364 g/mol. The van der Waals surface area contributed by atoms with Crippen LogP contribution in [0.15, 0.2) is 60.9 Å². The van der Waals surface area contributed by atoms with Gasteiger partial charge in [-0.3, -0.25) is 9.78 Å². The quantitative estimate of drug-likeness (QED) is 0.588. The molecule has 1 N–H and O–H groups in total. The number of likely N-dealkylation sites (tertiary alicyclic amines) is 1. The van der Waals surface area contributed by atoms with Gasteiger partial charge in [0.05, 0.1) is 11.6 Å². The van der Waals surface area contributed by atoms with Crippen LogP contribution in [0.3, 0.4) is 0 Å². The minimum absolute atomic E-state index is 0.0106. The highest BCUT2D eigenvalue weighted by molar-refractivity contribution is 5.94. The van der Waals surface area contributed by atoms with Crippen LogP contribution in [0.25, 0.3) is 21.9 Å². The van der Waals surface area contributed by atoms with Crippen LogP contribution in [0, 0.1) is 5.92 Å². The molecule has 1 aliphatic rings. The summed E-state index contributed by atoms with van der Waals surface area (Å²) in [5, 5.41) is 12.7.